The normalized spacial score (nSPS) is 18.7. The summed E-state index contributed by atoms with van der Waals surface area (Å²) in [4.78, 5) is 14.6. The van der Waals surface area contributed by atoms with Crippen molar-refractivity contribution in [3.63, 3.8) is 0 Å². The molecule has 4 heterocycles. The highest BCUT2D eigenvalue weighted by Gasteiger charge is 2.30. The number of fused-ring (bicyclic) bond motifs is 1. The molecule has 8 nitrogen and oxygen atoms in total. The fourth-order valence-corrected chi connectivity index (χ4v) is 5.76. The number of aromatic amines is 1. The molecule has 26 heavy (non-hydrogen) atoms. The van der Waals surface area contributed by atoms with Gasteiger partial charge in [-0.3, -0.25) is 9.89 Å². The molecular formula is C16H21N5O3S2. The van der Waals surface area contributed by atoms with E-state index in [1.54, 1.807) is 22.4 Å². The largest absolute Gasteiger partial charge is 0.337 e. The van der Waals surface area contributed by atoms with Gasteiger partial charge in [0.25, 0.3) is 5.91 Å². The van der Waals surface area contributed by atoms with Crippen molar-refractivity contribution in [2.45, 2.75) is 36.1 Å². The van der Waals surface area contributed by atoms with Crippen LogP contribution in [0.3, 0.4) is 0 Å². The molecule has 2 aliphatic rings. The number of hydrogen-bond acceptors (Lipinski definition) is 6. The monoisotopic (exact) mass is 395 g/mol. The van der Waals surface area contributed by atoms with E-state index in [1.165, 1.54) is 11.3 Å². The van der Waals surface area contributed by atoms with Crippen molar-refractivity contribution < 1.29 is 13.2 Å². The summed E-state index contributed by atoms with van der Waals surface area (Å²) in [5.74, 6) is -0.0780. The molecule has 2 aliphatic heterocycles. The van der Waals surface area contributed by atoms with Gasteiger partial charge in [0.1, 0.15) is 4.21 Å². The molecule has 0 unspecified atom stereocenters. The van der Waals surface area contributed by atoms with Gasteiger partial charge < -0.3 is 10.2 Å². The number of nitrogens with one attached hydrogen (secondary N) is 3. The number of carbonyl (C=O) groups excluding carboxylic acids is 1. The van der Waals surface area contributed by atoms with E-state index < -0.39 is 10.0 Å². The first-order chi connectivity index (χ1) is 12.5. The molecule has 4 rings (SSSR count). The Balaban J connectivity index is 1.38. The summed E-state index contributed by atoms with van der Waals surface area (Å²) in [7, 11) is -3.47. The number of likely N-dealkylation sites (tertiary alicyclic amines) is 1. The van der Waals surface area contributed by atoms with E-state index in [0.717, 1.165) is 24.2 Å². The minimum absolute atomic E-state index is 0.0780. The summed E-state index contributed by atoms with van der Waals surface area (Å²) in [5.41, 5.74) is 2.48. The number of H-pyrrole nitrogens is 1. The van der Waals surface area contributed by atoms with Gasteiger partial charge in [0.15, 0.2) is 5.69 Å². The molecule has 0 aromatic carbocycles. The Hall–Kier alpha value is -1.75. The number of rotatable bonds is 4. The first-order valence-electron chi connectivity index (χ1n) is 8.66. The Labute approximate surface area is 156 Å². The highest BCUT2D eigenvalue weighted by molar-refractivity contribution is 7.91. The molecule has 1 fully saturated rings. The van der Waals surface area contributed by atoms with E-state index in [4.69, 9.17) is 0 Å². The summed E-state index contributed by atoms with van der Waals surface area (Å²) in [6, 6.07) is 3.17. The molecule has 10 heteroatoms. The van der Waals surface area contributed by atoms with E-state index in [9.17, 15) is 13.2 Å². The second kappa shape index (κ2) is 7.10. The van der Waals surface area contributed by atoms with Gasteiger partial charge in [0.05, 0.1) is 0 Å². The number of sulfonamides is 1. The van der Waals surface area contributed by atoms with Crippen molar-refractivity contribution in [2.24, 2.45) is 0 Å². The van der Waals surface area contributed by atoms with Gasteiger partial charge in [0, 0.05) is 49.9 Å². The number of aromatic nitrogens is 2. The van der Waals surface area contributed by atoms with Gasteiger partial charge in [-0.25, -0.2) is 13.1 Å². The second-order valence-electron chi connectivity index (χ2n) is 6.58. The fourth-order valence-electron chi connectivity index (χ4n) is 3.45. The third kappa shape index (κ3) is 3.41. The molecule has 0 saturated carbocycles. The smallest absolute Gasteiger partial charge is 0.274 e. The zero-order valence-electron chi connectivity index (χ0n) is 14.2. The summed E-state index contributed by atoms with van der Waals surface area (Å²) in [6.45, 7) is 2.58. The molecule has 0 radical (unpaired) electrons. The van der Waals surface area contributed by atoms with Crippen LogP contribution in [0, 0.1) is 0 Å². The maximum atomic E-state index is 12.8. The van der Waals surface area contributed by atoms with Crippen LogP contribution in [0.4, 0.5) is 0 Å². The molecule has 0 atom stereocenters. The van der Waals surface area contributed by atoms with Gasteiger partial charge in [-0.2, -0.15) is 5.10 Å². The molecule has 3 N–H and O–H groups in total. The van der Waals surface area contributed by atoms with Crippen molar-refractivity contribution in [2.75, 3.05) is 19.6 Å². The van der Waals surface area contributed by atoms with Crippen LogP contribution in [-0.4, -0.2) is 55.1 Å². The number of nitrogens with zero attached hydrogens (tertiary/aromatic N) is 2. The predicted molar refractivity (Wildman–Crippen MR) is 97.6 cm³/mol. The predicted octanol–water partition coefficient (Wildman–Crippen LogP) is 0.700. The number of amides is 1. The van der Waals surface area contributed by atoms with Crippen LogP contribution in [0.25, 0.3) is 0 Å². The Kier molecular flexibility index (Phi) is 4.82. The highest BCUT2D eigenvalue weighted by atomic mass is 32.2. The van der Waals surface area contributed by atoms with Crippen molar-refractivity contribution >= 4 is 27.3 Å². The maximum absolute atomic E-state index is 12.8. The molecule has 140 valence electrons. The van der Waals surface area contributed by atoms with E-state index in [2.05, 4.69) is 20.2 Å². The van der Waals surface area contributed by atoms with Crippen molar-refractivity contribution in [3.8, 4) is 0 Å². The molecule has 1 saturated heterocycles. The lowest BCUT2D eigenvalue weighted by Gasteiger charge is -2.32. The Morgan fingerprint density at radius 1 is 1.35 bits per heavy atom. The van der Waals surface area contributed by atoms with E-state index >= 15 is 0 Å². The number of carbonyl (C=O) groups is 1. The summed E-state index contributed by atoms with van der Waals surface area (Å²) >= 11 is 1.20. The van der Waals surface area contributed by atoms with Crippen molar-refractivity contribution in [3.05, 3.63) is 34.5 Å². The van der Waals surface area contributed by atoms with Crippen LogP contribution in [0.15, 0.2) is 21.7 Å². The SMILES string of the molecule is O=C(c1n[nH]c2c1CNCC2)N1CCC(NS(=O)(=O)c2cccs2)CC1. The molecule has 0 spiro atoms. The third-order valence-electron chi connectivity index (χ3n) is 4.87. The van der Waals surface area contributed by atoms with Crippen LogP contribution in [0.5, 0.6) is 0 Å². The first kappa shape index (κ1) is 17.7. The van der Waals surface area contributed by atoms with Crippen LogP contribution in [0.2, 0.25) is 0 Å². The lowest BCUT2D eigenvalue weighted by Crippen LogP contribution is -2.46. The minimum atomic E-state index is -3.47. The molecular weight excluding hydrogens is 374 g/mol. The standard InChI is InChI=1S/C16H21N5O3S2/c22-16(15-12-10-17-6-3-13(12)18-19-15)21-7-4-11(5-8-21)20-26(23,24)14-2-1-9-25-14/h1-2,9,11,17,20H,3-8,10H2,(H,18,19). The molecule has 0 bridgehead atoms. The van der Waals surface area contributed by atoms with Gasteiger partial charge >= 0.3 is 0 Å². The Morgan fingerprint density at radius 3 is 2.88 bits per heavy atom. The first-order valence-corrected chi connectivity index (χ1v) is 11.0. The highest BCUT2D eigenvalue weighted by Crippen LogP contribution is 2.21. The molecule has 1 amide bonds. The summed E-state index contributed by atoms with van der Waals surface area (Å²) < 4.78 is 27.7. The minimum Gasteiger partial charge on any atom is -0.337 e. The third-order valence-corrected chi connectivity index (χ3v) is 7.79. The van der Waals surface area contributed by atoms with Crippen LogP contribution in [0.1, 0.15) is 34.6 Å². The van der Waals surface area contributed by atoms with E-state index in [-0.39, 0.29) is 11.9 Å². The zero-order chi connectivity index (χ0) is 18.1. The maximum Gasteiger partial charge on any atom is 0.274 e. The summed E-state index contributed by atoms with van der Waals surface area (Å²) in [6.07, 6.45) is 2.05. The second-order valence-corrected chi connectivity index (χ2v) is 9.46. The Bertz CT molecular complexity index is 883. The van der Waals surface area contributed by atoms with Crippen LogP contribution >= 0.6 is 11.3 Å². The average molecular weight is 396 g/mol. The topological polar surface area (TPSA) is 107 Å². The van der Waals surface area contributed by atoms with E-state index in [1.807, 2.05) is 0 Å². The van der Waals surface area contributed by atoms with Crippen molar-refractivity contribution in [1.29, 1.82) is 0 Å². The van der Waals surface area contributed by atoms with Gasteiger partial charge in [-0.05, 0) is 24.3 Å². The van der Waals surface area contributed by atoms with Crippen molar-refractivity contribution in [1.82, 2.24) is 25.1 Å². The van der Waals surface area contributed by atoms with Gasteiger partial charge in [0.2, 0.25) is 10.0 Å². The van der Waals surface area contributed by atoms with Crippen LogP contribution in [-0.2, 0) is 23.0 Å². The van der Waals surface area contributed by atoms with Crippen LogP contribution < -0.4 is 10.0 Å². The molecule has 0 aliphatic carbocycles. The lowest BCUT2D eigenvalue weighted by atomic mass is 10.0. The number of hydrogen-bond donors (Lipinski definition) is 3. The molecule has 2 aromatic heterocycles. The average Bonchev–Trinajstić information content (AvgIpc) is 3.32. The van der Waals surface area contributed by atoms with Gasteiger partial charge in [-0.1, -0.05) is 6.07 Å². The molecule has 2 aromatic rings. The summed E-state index contributed by atoms with van der Waals surface area (Å²) in [5, 5.41) is 12.2. The number of piperidine rings is 1. The van der Waals surface area contributed by atoms with E-state index in [0.29, 0.717) is 42.4 Å². The van der Waals surface area contributed by atoms with Gasteiger partial charge in [-0.15, -0.1) is 11.3 Å². The lowest BCUT2D eigenvalue weighted by molar-refractivity contribution is 0.0704. The fraction of sp³-hybridized carbons (Fsp3) is 0.500. The number of thiophene rings is 1. The zero-order valence-corrected chi connectivity index (χ0v) is 15.8. The quantitative estimate of drug-likeness (QED) is 0.706. The Morgan fingerprint density at radius 2 is 2.15 bits per heavy atom.